The van der Waals surface area contributed by atoms with Gasteiger partial charge in [0.2, 0.25) is 0 Å². The van der Waals surface area contributed by atoms with Gasteiger partial charge in [-0.2, -0.15) is 0 Å². The molecule has 0 aliphatic heterocycles. The van der Waals surface area contributed by atoms with Crippen molar-refractivity contribution in [1.29, 1.82) is 0 Å². The molecule has 0 heterocycles. The van der Waals surface area contributed by atoms with Crippen LogP contribution in [0, 0.1) is 5.41 Å². The average Bonchev–Trinajstić information content (AvgIpc) is 2.37. The molecule has 0 radical (unpaired) electrons. The Bertz CT molecular complexity index is 367. The zero-order valence-corrected chi connectivity index (χ0v) is 13.2. The Hall–Kier alpha value is -1.02. The van der Waals surface area contributed by atoms with Gasteiger partial charge in [-0.05, 0) is 48.4 Å². The predicted octanol–water partition coefficient (Wildman–Crippen LogP) is 4.01. The van der Waals surface area contributed by atoms with Crippen LogP contribution in [0.4, 0.5) is 5.69 Å². The topological polar surface area (TPSA) is 29.3 Å². The van der Waals surface area contributed by atoms with Gasteiger partial charge in [-0.3, -0.25) is 0 Å². The molecule has 0 aliphatic rings. The summed E-state index contributed by atoms with van der Waals surface area (Å²) in [6.07, 6.45) is 2.25. The number of hydrogen-bond acceptors (Lipinski definition) is 2. The molecule has 2 heteroatoms. The molecule has 0 fully saturated rings. The monoisotopic (exact) mass is 262 g/mol. The van der Waals surface area contributed by atoms with Gasteiger partial charge in [0.1, 0.15) is 0 Å². The van der Waals surface area contributed by atoms with Crippen molar-refractivity contribution in [1.82, 2.24) is 0 Å². The summed E-state index contributed by atoms with van der Waals surface area (Å²) in [4.78, 5) is 2.33. The van der Waals surface area contributed by atoms with Gasteiger partial charge in [0, 0.05) is 19.3 Å². The largest absolute Gasteiger partial charge is 0.374 e. The van der Waals surface area contributed by atoms with Crippen molar-refractivity contribution in [3.05, 3.63) is 29.8 Å². The molecule has 0 saturated heterocycles. The molecule has 108 valence electrons. The fourth-order valence-electron chi connectivity index (χ4n) is 2.50. The lowest BCUT2D eigenvalue weighted by Crippen LogP contribution is -2.32. The highest BCUT2D eigenvalue weighted by Crippen LogP contribution is 2.26. The van der Waals surface area contributed by atoms with E-state index in [1.54, 1.807) is 0 Å². The Balaban J connectivity index is 2.70. The smallest absolute Gasteiger partial charge is 0.0363 e. The number of hydrogen-bond donors (Lipinski definition) is 1. The van der Waals surface area contributed by atoms with Crippen LogP contribution in [0.3, 0.4) is 0 Å². The van der Waals surface area contributed by atoms with Crippen LogP contribution in [0.15, 0.2) is 24.3 Å². The Kier molecular flexibility index (Phi) is 5.86. The number of benzene rings is 1. The Morgan fingerprint density at radius 3 is 2.26 bits per heavy atom. The summed E-state index contributed by atoms with van der Waals surface area (Å²) in [5, 5.41) is 0. The Morgan fingerprint density at radius 1 is 1.21 bits per heavy atom. The first kappa shape index (κ1) is 16.0. The summed E-state index contributed by atoms with van der Waals surface area (Å²) in [5.41, 5.74) is 8.66. The fraction of sp³-hybridized carbons (Fsp3) is 0.647. The third-order valence-electron chi connectivity index (χ3n) is 4.00. The van der Waals surface area contributed by atoms with E-state index in [0.29, 0.717) is 5.92 Å². The van der Waals surface area contributed by atoms with Crippen molar-refractivity contribution in [2.75, 3.05) is 25.0 Å². The summed E-state index contributed by atoms with van der Waals surface area (Å²) in [5.74, 6) is 0.646. The quantitative estimate of drug-likeness (QED) is 0.804. The standard InChI is InChI=1S/C17H30N2/c1-6-14(2)15-7-9-16(10-8-15)19(5)13-17(3,4)11-12-18/h7-10,14H,6,11-13,18H2,1-5H3. The van der Waals surface area contributed by atoms with Crippen molar-refractivity contribution in [3.63, 3.8) is 0 Å². The van der Waals surface area contributed by atoms with Gasteiger partial charge in [0.25, 0.3) is 0 Å². The minimum atomic E-state index is 0.263. The SMILES string of the molecule is CCC(C)c1ccc(N(C)CC(C)(C)CCN)cc1. The Labute approximate surface area is 119 Å². The van der Waals surface area contributed by atoms with Crippen LogP contribution in [0.2, 0.25) is 0 Å². The molecule has 2 nitrogen and oxygen atoms in total. The van der Waals surface area contributed by atoms with Crippen molar-refractivity contribution in [2.45, 2.75) is 46.5 Å². The van der Waals surface area contributed by atoms with Gasteiger partial charge in [0.15, 0.2) is 0 Å². The molecule has 0 amide bonds. The first-order valence-electron chi connectivity index (χ1n) is 7.41. The maximum absolute atomic E-state index is 5.68. The van der Waals surface area contributed by atoms with Gasteiger partial charge in [-0.15, -0.1) is 0 Å². The molecule has 1 rings (SSSR count). The molecule has 0 bridgehead atoms. The lowest BCUT2D eigenvalue weighted by molar-refractivity contribution is 0.347. The highest BCUT2D eigenvalue weighted by atomic mass is 15.1. The number of rotatable bonds is 7. The van der Waals surface area contributed by atoms with E-state index in [4.69, 9.17) is 5.73 Å². The zero-order chi connectivity index (χ0) is 14.5. The molecule has 0 aliphatic carbocycles. The lowest BCUT2D eigenvalue weighted by Gasteiger charge is -2.31. The van der Waals surface area contributed by atoms with Crippen molar-refractivity contribution in [3.8, 4) is 0 Å². The van der Waals surface area contributed by atoms with E-state index in [2.05, 4.69) is 63.9 Å². The molecule has 0 aromatic heterocycles. The zero-order valence-electron chi connectivity index (χ0n) is 13.2. The van der Waals surface area contributed by atoms with Gasteiger partial charge in [-0.1, -0.05) is 39.8 Å². The molecule has 2 N–H and O–H groups in total. The summed E-state index contributed by atoms with van der Waals surface area (Å²) in [7, 11) is 2.16. The maximum Gasteiger partial charge on any atom is 0.0363 e. The van der Waals surface area contributed by atoms with Crippen LogP contribution in [0.25, 0.3) is 0 Å². The fourth-order valence-corrected chi connectivity index (χ4v) is 2.50. The van der Waals surface area contributed by atoms with Crippen LogP contribution in [0.1, 0.15) is 52.0 Å². The summed E-state index contributed by atoms with van der Waals surface area (Å²) >= 11 is 0. The summed E-state index contributed by atoms with van der Waals surface area (Å²) < 4.78 is 0. The summed E-state index contributed by atoms with van der Waals surface area (Å²) in [6.45, 7) is 10.9. The minimum absolute atomic E-state index is 0.263. The predicted molar refractivity (Wildman–Crippen MR) is 85.9 cm³/mol. The van der Waals surface area contributed by atoms with Gasteiger partial charge >= 0.3 is 0 Å². The van der Waals surface area contributed by atoms with E-state index in [1.165, 1.54) is 17.7 Å². The van der Waals surface area contributed by atoms with Gasteiger partial charge < -0.3 is 10.6 Å². The van der Waals surface area contributed by atoms with Crippen LogP contribution < -0.4 is 10.6 Å². The molecule has 1 aromatic carbocycles. The second kappa shape index (κ2) is 6.95. The normalized spacial score (nSPS) is 13.4. The maximum atomic E-state index is 5.68. The van der Waals surface area contributed by atoms with E-state index in [0.717, 1.165) is 19.5 Å². The van der Waals surface area contributed by atoms with E-state index in [1.807, 2.05) is 0 Å². The highest BCUT2D eigenvalue weighted by molar-refractivity contribution is 5.47. The first-order valence-corrected chi connectivity index (χ1v) is 7.41. The molecular formula is C17H30N2. The highest BCUT2D eigenvalue weighted by Gasteiger charge is 2.19. The van der Waals surface area contributed by atoms with E-state index < -0.39 is 0 Å². The van der Waals surface area contributed by atoms with Crippen molar-refractivity contribution < 1.29 is 0 Å². The van der Waals surface area contributed by atoms with E-state index >= 15 is 0 Å². The number of nitrogens with two attached hydrogens (primary N) is 1. The number of anilines is 1. The van der Waals surface area contributed by atoms with Gasteiger partial charge in [0.05, 0.1) is 0 Å². The average molecular weight is 262 g/mol. The third kappa shape index (κ3) is 4.87. The minimum Gasteiger partial charge on any atom is -0.374 e. The van der Waals surface area contributed by atoms with Crippen LogP contribution in [0.5, 0.6) is 0 Å². The number of nitrogens with zero attached hydrogens (tertiary/aromatic N) is 1. The van der Waals surface area contributed by atoms with Gasteiger partial charge in [-0.25, -0.2) is 0 Å². The molecular weight excluding hydrogens is 232 g/mol. The first-order chi connectivity index (χ1) is 8.89. The molecule has 0 spiro atoms. The van der Waals surface area contributed by atoms with E-state index in [9.17, 15) is 0 Å². The molecule has 19 heavy (non-hydrogen) atoms. The van der Waals surface area contributed by atoms with Crippen molar-refractivity contribution >= 4 is 5.69 Å². The lowest BCUT2D eigenvalue weighted by atomic mass is 9.88. The third-order valence-corrected chi connectivity index (χ3v) is 4.00. The van der Waals surface area contributed by atoms with Crippen LogP contribution >= 0.6 is 0 Å². The second-order valence-electron chi connectivity index (χ2n) is 6.46. The van der Waals surface area contributed by atoms with E-state index in [-0.39, 0.29) is 5.41 Å². The molecule has 1 unspecified atom stereocenters. The molecule has 0 saturated carbocycles. The second-order valence-corrected chi connectivity index (χ2v) is 6.46. The van der Waals surface area contributed by atoms with Crippen molar-refractivity contribution in [2.24, 2.45) is 11.1 Å². The summed E-state index contributed by atoms with van der Waals surface area (Å²) in [6, 6.07) is 8.99. The molecule has 1 atom stereocenters. The van der Waals surface area contributed by atoms with Crippen LogP contribution in [-0.2, 0) is 0 Å². The van der Waals surface area contributed by atoms with Crippen LogP contribution in [-0.4, -0.2) is 20.1 Å². The molecule has 1 aromatic rings. The Morgan fingerprint density at radius 2 is 1.79 bits per heavy atom.